The Kier molecular flexibility index (Phi) is 5.55. The number of fused-ring (bicyclic) bond motifs is 4. The molecule has 0 aliphatic heterocycles. The maximum absolute atomic E-state index is 11.5. The van der Waals surface area contributed by atoms with E-state index in [-0.39, 0.29) is 12.1 Å². The largest absolute Gasteiger partial charge is 0.463 e. The summed E-state index contributed by atoms with van der Waals surface area (Å²) in [6, 6.07) is 0. The van der Waals surface area contributed by atoms with Crippen LogP contribution in [0.5, 0.6) is 0 Å². The van der Waals surface area contributed by atoms with Gasteiger partial charge >= 0.3 is 5.97 Å². The summed E-state index contributed by atoms with van der Waals surface area (Å²) < 4.78 is 5.65. The highest BCUT2D eigenvalue weighted by atomic mass is 16.5. The van der Waals surface area contributed by atoms with Crippen molar-refractivity contribution in [2.45, 2.75) is 117 Å². The normalized spacial score (nSPS) is 49.4. The van der Waals surface area contributed by atoms with Crippen LogP contribution in [0.1, 0.15) is 111 Å². The second-order valence-electron chi connectivity index (χ2n) is 12.9. The summed E-state index contributed by atoms with van der Waals surface area (Å²) in [6.45, 7) is 8.98. The zero-order valence-electron chi connectivity index (χ0n) is 20.1. The quantitative estimate of drug-likeness (QED) is 0.438. The van der Waals surface area contributed by atoms with Gasteiger partial charge in [0.1, 0.15) is 6.10 Å². The molecule has 0 saturated heterocycles. The summed E-state index contributed by atoms with van der Waals surface area (Å²) in [5.41, 5.74) is 1.28. The highest BCUT2D eigenvalue weighted by Crippen LogP contribution is 2.74. The van der Waals surface area contributed by atoms with Crippen LogP contribution in [0.15, 0.2) is 0 Å². The molecule has 5 saturated carbocycles. The summed E-state index contributed by atoms with van der Waals surface area (Å²) in [5, 5.41) is 0. The van der Waals surface area contributed by atoms with Crippen LogP contribution in [0.4, 0.5) is 0 Å². The number of carbonyl (C=O) groups is 1. The highest BCUT2D eigenvalue weighted by molar-refractivity contribution is 5.66. The standard InChI is InChI=1S/C28H46O2/c1-18(2)6-5-7-20-17-28-15-13-25-23(26(28)11-10-24(20)28)9-8-21-16-22(30-19(3)29)12-14-27(21,25)4/h18,20-26H,5-17H2,1-4H3. The summed E-state index contributed by atoms with van der Waals surface area (Å²) in [5.74, 6) is 6.73. The lowest BCUT2D eigenvalue weighted by Crippen LogP contribution is -2.58. The van der Waals surface area contributed by atoms with Crippen LogP contribution < -0.4 is 0 Å². The second kappa shape index (κ2) is 7.80. The molecule has 0 radical (unpaired) electrons. The molecule has 0 bridgehead atoms. The van der Waals surface area contributed by atoms with E-state index in [4.69, 9.17) is 4.74 Å². The van der Waals surface area contributed by atoms with E-state index in [9.17, 15) is 4.79 Å². The fourth-order valence-electron chi connectivity index (χ4n) is 10.1. The third-order valence-corrected chi connectivity index (χ3v) is 11.3. The minimum Gasteiger partial charge on any atom is -0.463 e. The lowest BCUT2D eigenvalue weighted by atomic mass is 9.40. The average Bonchev–Trinajstić information content (AvgIpc) is 2.97. The van der Waals surface area contributed by atoms with Gasteiger partial charge in [-0.3, -0.25) is 4.79 Å². The molecule has 0 amide bonds. The Morgan fingerprint density at radius 2 is 1.80 bits per heavy atom. The van der Waals surface area contributed by atoms with Crippen molar-refractivity contribution in [3.8, 4) is 0 Å². The molecule has 2 heteroatoms. The summed E-state index contributed by atoms with van der Waals surface area (Å²) in [7, 11) is 0. The van der Waals surface area contributed by atoms with Gasteiger partial charge in [-0.15, -0.1) is 0 Å². The molecule has 9 unspecified atom stereocenters. The van der Waals surface area contributed by atoms with Crippen LogP contribution in [0.3, 0.4) is 0 Å². The smallest absolute Gasteiger partial charge is 0.302 e. The van der Waals surface area contributed by atoms with E-state index < -0.39 is 0 Å². The van der Waals surface area contributed by atoms with Crippen LogP contribution >= 0.6 is 0 Å². The molecule has 0 heterocycles. The maximum atomic E-state index is 11.5. The molecule has 1 spiro atoms. The number of hydrogen-bond donors (Lipinski definition) is 0. The second-order valence-corrected chi connectivity index (χ2v) is 12.9. The van der Waals surface area contributed by atoms with E-state index in [2.05, 4.69) is 20.8 Å². The van der Waals surface area contributed by atoms with E-state index in [0.717, 1.165) is 59.7 Å². The van der Waals surface area contributed by atoms with Gasteiger partial charge in [-0.2, -0.15) is 0 Å². The highest BCUT2D eigenvalue weighted by Gasteiger charge is 2.66. The van der Waals surface area contributed by atoms with Gasteiger partial charge in [0, 0.05) is 6.92 Å². The zero-order chi connectivity index (χ0) is 21.1. The molecule has 170 valence electrons. The first-order valence-corrected chi connectivity index (χ1v) is 13.5. The van der Waals surface area contributed by atoms with E-state index in [1.807, 2.05) is 0 Å². The number of carbonyl (C=O) groups excluding carboxylic acids is 1. The Hall–Kier alpha value is -0.530. The number of hydrogen-bond acceptors (Lipinski definition) is 2. The first-order valence-electron chi connectivity index (χ1n) is 13.5. The summed E-state index contributed by atoms with van der Waals surface area (Å²) in [6.07, 6.45) is 18.7. The summed E-state index contributed by atoms with van der Waals surface area (Å²) in [4.78, 5) is 11.5. The Bertz CT molecular complexity index is 655. The Morgan fingerprint density at radius 3 is 2.57 bits per heavy atom. The third-order valence-electron chi connectivity index (χ3n) is 11.3. The van der Waals surface area contributed by atoms with Gasteiger partial charge in [-0.05, 0) is 116 Å². The van der Waals surface area contributed by atoms with Gasteiger partial charge < -0.3 is 4.74 Å². The van der Waals surface area contributed by atoms with Crippen molar-refractivity contribution in [2.24, 2.45) is 52.3 Å². The molecule has 9 atom stereocenters. The number of esters is 1. The number of ether oxygens (including phenoxy) is 1. The first kappa shape index (κ1) is 21.3. The van der Waals surface area contributed by atoms with Gasteiger partial charge in [0.2, 0.25) is 0 Å². The van der Waals surface area contributed by atoms with Crippen molar-refractivity contribution in [3.63, 3.8) is 0 Å². The van der Waals surface area contributed by atoms with Gasteiger partial charge in [-0.1, -0.05) is 40.0 Å². The SMILES string of the molecule is CC(=O)OC1CCC2(C)C(CCC3C2CCC24CC(CCCC(C)C)C2CCC34)C1. The molecular formula is C28H46O2. The van der Waals surface area contributed by atoms with Crippen molar-refractivity contribution in [2.75, 3.05) is 0 Å². The zero-order valence-corrected chi connectivity index (χ0v) is 20.1. The number of rotatable bonds is 5. The average molecular weight is 415 g/mol. The molecule has 5 aliphatic carbocycles. The topological polar surface area (TPSA) is 26.3 Å². The van der Waals surface area contributed by atoms with Crippen LogP contribution in [-0.2, 0) is 9.53 Å². The van der Waals surface area contributed by atoms with E-state index >= 15 is 0 Å². The monoisotopic (exact) mass is 414 g/mol. The minimum absolute atomic E-state index is 0.0816. The lowest BCUT2D eigenvalue weighted by molar-refractivity contribution is -0.175. The molecule has 30 heavy (non-hydrogen) atoms. The van der Waals surface area contributed by atoms with Crippen molar-refractivity contribution in [1.82, 2.24) is 0 Å². The lowest BCUT2D eigenvalue weighted by Gasteiger charge is -2.65. The van der Waals surface area contributed by atoms with E-state index in [1.54, 1.807) is 32.6 Å². The Balaban J connectivity index is 1.24. The van der Waals surface area contributed by atoms with Crippen molar-refractivity contribution < 1.29 is 9.53 Å². The van der Waals surface area contributed by atoms with Gasteiger partial charge in [0.25, 0.3) is 0 Å². The van der Waals surface area contributed by atoms with Crippen LogP contribution in [-0.4, -0.2) is 12.1 Å². The van der Waals surface area contributed by atoms with E-state index in [0.29, 0.717) is 5.41 Å². The first-order chi connectivity index (χ1) is 14.3. The fraction of sp³-hybridized carbons (Fsp3) is 0.964. The molecule has 0 N–H and O–H groups in total. The molecular weight excluding hydrogens is 368 g/mol. The minimum atomic E-state index is -0.0816. The third kappa shape index (κ3) is 3.29. The molecule has 0 aromatic carbocycles. The van der Waals surface area contributed by atoms with Crippen molar-refractivity contribution in [3.05, 3.63) is 0 Å². The van der Waals surface area contributed by atoms with Crippen molar-refractivity contribution >= 4 is 5.97 Å². The fourth-order valence-corrected chi connectivity index (χ4v) is 10.1. The van der Waals surface area contributed by atoms with Gasteiger partial charge in [0.05, 0.1) is 0 Å². The van der Waals surface area contributed by atoms with Crippen LogP contribution in [0.2, 0.25) is 0 Å². The van der Waals surface area contributed by atoms with Gasteiger partial charge in [0.15, 0.2) is 0 Å². The molecule has 5 rings (SSSR count). The van der Waals surface area contributed by atoms with Crippen LogP contribution in [0.25, 0.3) is 0 Å². The van der Waals surface area contributed by atoms with Crippen LogP contribution in [0, 0.1) is 52.3 Å². The molecule has 5 fully saturated rings. The molecule has 2 nitrogen and oxygen atoms in total. The predicted molar refractivity (Wildman–Crippen MR) is 122 cm³/mol. The summed E-state index contributed by atoms with van der Waals surface area (Å²) >= 11 is 0. The molecule has 0 aromatic heterocycles. The molecule has 5 aliphatic rings. The van der Waals surface area contributed by atoms with Gasteiger partial charge in [-0.25, -0.2) is 0 Å². The molecule has 0 aromatic rings. The van der Waals surface area contributed by atoms with Crippen molar-refractivity contribution in [1.29, 1.82) is 0 Å². The Labute approximate surface area is 185 Å². The maximum Gasteiger partial charge on any atom is 0.302 e. The van der Waals surface area contributed by atoms with E-state index in [1.165, 1.54) is 44.9 Å². The predicted octanol–water partition coefficient (Wildman–Crippen LogP) is 7.40. The Morgan fingerprint density at radius 1 is 1.00 bits per heavy atom.